The van der Waals surface area contributed by atoms with Crippen molar-refractivity contribution in [2.45, 2.75) is 6.92 Å². The van der Waals surface area contributed by atoms with Crippen molar-refractivity contribution in [3.05, 3.63) is 70.9 Å². The number of nitrogens with one attached hydrogen (secondary N) is 3. The summed E-state index contributed by atoms with van der Waals surface area (Å²) in [5.74, 6) is -0.206. The molecule has 0 aliphatic heterocycles. The molecule has 2 heterocycles. The molecule has 2 aromatic carbocycles. The Morgan fingerprint density at radius 3 is 2.63 bits per heavy atom. The molecule has 0 aliphatic rings. The van der Waals surface area contributed by atoms with Gasteiger partial charge in [0.15, 0.2) is 0 Å². The quantitative estimate of drug-likeness (QED) is 0.519. The van der Waals surface area contributed by atoms with E-state index in [2.05, 4.69) is 20.3 Å². The van der Waals surface area contributed by atoms with E-state index in [0.29, 0.717) is 28.1 Å². The van der Waals surface area contributed by atoms with Gasteiger partial charge in [0.2, 0.25) is 5.91 Å². The van der Waals surface area contributed by atoms with E-state index in [1.807, 2.05) is 12.1 Å². The molecule has 3 N–H and O–H groups in total. The fraction of sp³-hybridized carbons (Fsp3) is 0.0500. The number of aromatic amines is 2. The van der Waals surface area contributed by atoms with Crippen LogP contribution in [0.4, 0.5) is 10.1 Å². The average molecular weight is 362 g/mol. The van der Waals surface area contributed by atoms with Gasteiger partial charge in [-0.1, -0.05) is 18.2 Å². The second kappa shape index (κ2) is 6.53. The Labute approximate surface area is 153 Å². The molecule has 0 atom stereocenters. The van der Waals surface area contributed by atoms with Gasteiger partial charge < -0.3 is 15.3 Å². The van der Waals surface area contributed by atoms with Gasteiger partial charge in [0, 0.05) is 18.0 Å². The second-order valence-electron chi connectivity index (χ2n) is 6.12. The van der Waals surface area contributed by atoms with Gasteiger partial charge in [0.1, 0.15) is 11.6 Å². The lowest BCUT2D eigenvalue weighted by Crippen LogP contribution is -2.09. The molecule has 0 spiro atoms. The number of anilines is 1. The van der Waals surface area contributed by atoms with Gasteiger partial charge in [-0.2, -0.15) is 0 Å². The Kier molecular flexibility index (Phi) is 4.04. The van der Waals surface area contributed by atoms with E-state index in [1.165, 1.54) is 19.1 Å². The smallest absolute Gasteiger partial charge is 0.259 e. The molecule has 6 nitrogen and oxygen atoms in total. The van der Waals surface area contributed by atoms with Crippen molar-refractivity contribution in [1.82, 2.24) is 15.0 Å². The summed E-state index contributed by atoms with van der Waals surface area (Å²) < 4.78 is 14.0. The molecule has 0 unspecified atom stereocenters. The molecule has 0 radical (unpaired) electrons. The number of halogens is 1. The Hall–Kier alpha value is -3.74. The Balaban J connectivity index is 1.71. The van der Waals surface area contributed by atoms with Crippen molar-refractivity contribution in [1.29, 1.82) is 0 Å². The molecule has 0 saturated carbocycles. The first-order valence-electron chi connectivity index (χ1n) is 8.26. The normalized spacial score (nSPS) is 10.9. The summed E-state index contributed by atoms with van der Waals surface area (Å²) in [6, 6.07) is 13.2. The zero-order valence-corrected chi connectivity index (χ0v) is 14.3. The molecule has 0 saturated heterocycles. The summed E-state index contributed by atoms with van der Waals surface area (Å²) >= 11 is 0. The number of aromatic nitrogens is 3. The molecule has 7 heteroatoms. The molecule has 4 aromatic rings. The number of rotatable bonds is 3. The van der Waals surface area contributed by atoms with Gasteiger partial charge >= 0.3 is 0 Å². The van der Waals surface area contributed by atoms with Crippen molar-refractivity contribution in [2.24, 2.45) is 0 Å². The maximum absolute atomic E-state index is 14.0. The van der Waals surface area contributed by atoms with E-state index in [0.717, 1.165) is 5.56 Å². The third-order valence-electron chi connectivity index (χ3n) is 4.18. The SMILES string of the molecule is CC(=O)Nc1ccc(-c2cnc(-c3cc4c(F)cccc4[nH]c3=O)[nH]2)cc1. The maximum atomic E-state index is 14.0. The number of benzene rings is 2. The Morgan fingerprint density at radius 1 is 1.11 bits per heavy atom. The van der Waals surface area contributed by atoms with Gasteiger partial charge in [-0.25, -0.2) is 9.37 Å². The van der Waals surface area contributed by atoms with Crippen LogP contribution >= 0.6 is 0 Å². The molecular weight excluding hydrogens is 347 g/mol. The fourth-order valence-corrected chi connectivity index (χ4v) is 2.91. The number of carbonyl (C=O) groups is 1. The summed E-state index contributed by atoms with van der Waals surface area (Å²) in [5.41, 5.74) is 2.57. The van der Waals surface area contributed by atoms with E-state index in [1.54, 1.807) is 30.5 Å². The Morgan fingerprint density at radius 2 is 1.89 bits per heavy atom. The van der Waals surface area contributed by atoms with Gasteiger partial charge in [-0.3, -0.25) is 9.59 Å². The monoisotopic (exact) mass is 362 g/mol. The minimum atomic E-state index is -0.412. The third-order valence-corrected chi connectivity index (χ3v) is 4.18. The highest BCUT2D eigenvalue weighted by Gasteiger charge is 2.12. The number of amides is 1. The van der Waals surface area contributed by atoms with Gasteiger partial charge in [-0.05, 0) is 35.9 Å². The molecule has 27 heavy (non-hydrogen) atoms. The average Bonchev–Trinajstić information content (AvgIpc) is 3.11. The van der Waals surface area contributed by atoms with Gasteiger partial charge in [0.05, 0.1) is 23.0 Å². The molecule has 4 rings (SSSR count). The molecular formula is C20H15FN4O2. The van der Waals surface area contributed by atoms with Gasteiger partial charge in [0.25, 0.3) is 5.56 Å². The van der Waals surface area contributed by atoms with E-state index in [9.17, 15) is 14.0 Å². The van der Waals surface area contributed by atoms with Crippen molar-refractivity contribution in [3.63, 3.8) is 0 Å². The topological polar surface area (TPSA) is 90.6 Å². The summed E-state index contributed by atoms with van der Waals surface area (Å²) in [7, 11) is 0. The first-order chi connectivity index (χ1) is 13.0. The van der Waals surface area contributed by atoms with E-state index < -0.39 is 5.82 Å². The zero-order chi connectivity index (χ0) is 19.0. The van der Waals surface area contributed by atoms with Crippen LogP contribution in [-0.2, 0) is 4.79 Å². The van der Waals surface area contributed by atoms with Crippen LogP contribution in [0.5, 0.6) is 0 Å². The lowest BCUT2D eigenvalue weighted by atomic mass is 10.1. The van der Waals surface area contributed by atoms with Crippen LogP contribution in [0.3, 0.4) is 0 Å². The number of carbonyl (C=O) groups excluding carboxylic acids is 1. The minimum Gasteiger partial charge on any atom is -0.338 e. The first kappa shape index (κ1) is 16.7. The molecule has 134 valence electrons. The van der Waals surface area contributed by atoms with Gasteiger partial charge in [-0.15, -0.1) is 0 Å². The molecule has 2 aromatic heterocycles. The summed E-state index contributed by atoms with van der Waals surface area (Å²) in [6.07, 6.45) is 1.60. The molecule has 1 amide bonds. The largest absolute Gasteiger partial charge is 0.338 e. The second-order valence-corrected chi connectivity index (χ2v) is 6.12. The number of hydrogen-bond acceptors (Lipinski definition) is 3. The van der Waals surface area contributed by atoms with Crippen LogP contribution in [0.1, 0.15) is 6.92 Å². The van der Waals surface area contributed by atoms with Crippen LogP contribution in [0, 0.1) is 5.82 Å². The third kappa shape index (κ3) is 3.22. The highest BCUT2D eigenvalue weighted by molar-refractivity contribution is 5.89. The first-order valence-corrected chi connectivity index (χ1v) is 8.26. The highest BCUT2D eigenvalue weighted by Crippen LogP contribution is 2.24. The summed E-state index contributed by atoms with van der Waals surface area (Å²) in [5, 5.41) is 3.02. The predicted molar refractivity (Wildman–Crippen MR) is 102 cm³/mol. The highest BCUT2D eigenvalue weighted by atomic mass is 19.1. The van der Waals surface area contributed by atoms with Crippen LogP contribution in [-0.4, -0.2) is 20.9 Å². The summed E-state index contributed by atoms with van der Waals surface area (Å²) in [4.78, 5) is 33.5. The van der Waals surface area contributed by atoms with Crippen molar-refractivity contribution in [3.8, 4) is 22.6 Å². The number of fused-ring (bicyclic) bond motifs is 1. The number of nitrogens with zero attached hydrogens (tertiary/aromatic N) is 1. The van der Waals surface area contributed by atoms with E-state index in [-0.39, 0.29) is 17.0 Å². The van der Waals surface area contributed by atoms with Crippen LogP contribution < -0.4 is 10.9 Å². The lowest BCUT2D eigenvalue weighted by molar-refractivity contribution is -0.114. The minimum absolute atomic E-state index is 0.144. The van der Waals surface area contributed by atoms with Crippen LogP contribution in [0.25, 0.3) is 33.5 Å². The number of H-pyrrole nitrogens is 2. The maximum Gasteiger partial charge on any atom is 0.259 e. The summed E-state index contributed by atoms with van der Waals surface area (Å²) in [6.45, 7) is 1.44. The van der Waals surface area contributed by atoms with Crippen molar-refractivity contribution >= 4 is 22.5 Å². The Bertz CT molecular complexity index is 1210. The fourth-order valence-electron chi connectivity index (χ4n) is 2.91. The van der Waals surface area contributed by atoms with Crippen LogP contribution in [0.15, 0.2) is 59.5 Å². The molecule has 0 bridgehead atoms. The van der Waals surface area contributed by atoms with Crippen molar-refractivity contribution in [2.75, 3.05) is 5.32 Å². The van der Waals surface area contributed by atoms with E-state index >= 15 is 0 Å². The molecule has 0 aliphatic carbocycles. The number of imidazole rings is 1. The lowest BCUT2D eigenvalue weighted by Gasteiger charge is -2.04. The van der Waals surface area contributed by atoms with E-state index in [4.69, 9.17) is 0 Å². The predicted octanol–water partition coefficient (Wildman–Crippen LogP) is 3.68. The zero-order valence-electron chi connectivity index (χ0n) is 14.3. The van der Waals surface area contributed by atoms with Crippen molar-refractivity contribution < 1.29 is 9.18 Å². The van der Waals surface area contributed by atoms with Crippen LogP contribution in [0.2, 0.25) is 0 Å². The number of pyridine rings is 1. The standard InChI is InChI=1S/C20H15FN4O2/c1-11(26)23-13-7-5-12(6-8-13)18-10-22-19(24-18)15-9-14-16(21)3-2-4-17(14)25-20(15)27/h2-10H,1H3,(H,22,24)(H,23,26)(H,25,27). The molecule has 0 fully saturated rings. The number of hydrogen-bond donors (Lipinski definition) is 3.